The predicted octanol–water partition coefficient (Wildman–Crippen LogP) is 16.7. The monoisotopic (exact) mass is 790 g/mol. The molecule has 2 atom stereocenters. The van der Waals surface area contributed by atoms with Crippen molar-refractivity contribution in [1.29, 1.82) is 0 Å². The van der Waals surface area contributed by atoms with Crippen LogP contribution in [-0.4, -0.2) is 6.04 Å². The van der Waals surface area contributed by atoms with Crippen molar-refractivity contribution in [3.63, 3.8) is 0 Å². The highest BCUT2D eigenvalue weighted by Gasteiger charge is 2.38. The van der Waals surface area contributed by atoms with E-state index in [2.05, 4.69) is 194 Å². The SMILES string of the molecule is C=C(/C=C\C=C/C)c1cc(-c2ccc3c(c2)C2C=CC=C[C@H]2N3C2=CC=C(CCCCCC)CC2)ccc1Nc1cccc(-c2ccc3c4c(cccc24)-c2ccccc2-3)c1. The number of nitrogens with zero attached hydrogens (tertiary/aromatic N) is 1. The van der Waals surface area contributed by atoms with Crippen LogP contribution in [-0.2, 0) is 0 Å². The summed E-state index contributed by atoms with van der Waals surface area (Å²) in [6.45, 7) is 8.91. The Labute approximate surface area is 362 Å². The lowest BCUT2D eigenvalue weighted by atomic mass is 9.89. The van der Waals surface area contributed by atoms with Crippen molar-refractivity contribution in [3.05, 3.63) is 205 Å². The molecular formula is C59H54N2. The van der Waals surface area contributed by atoms with Gasteiger partial charge in [-0.15, -0.1) is 0 Å². The molecule has 0 aromatic heterocycles. The summed E-state index contributed by atoms with van der Waals surface area (Å²) in [7, 11) is 0. The van der Waals surface area contributed by atoms with E-state index in [0.29, 0.717) is 12.0 Å². The molecule has 2 nitrogen and oxygen atoms in total. The molecule has 61 heavy (non-hydrogen) atoms. The summed E-state index contributed by atoms with van der Waals surface area (Å²) in [5.41, 5.74) is 20.0. The number of hydrogen-bond acceptors (Lipinski definition) is 2. The second-order valence-corrected chi connectivity index (χ2v) is 17.0. The number of rotatable bonds is 13. The number of hydrogen-bond donors (Lipinski definition) is 1. The zero-order valence-electron chi connectivity index (χ0n) is 35.5. The highest BCUT2D eigenvalue weighted by Crippen LogP contribution is 2.50. The summed E-state index contributed by atoms with van der Waals surface area (Å²) < 4.78 is 0. The van der Waals surface area contributed by atoms with Crippen molar-refractivity contribution in [1.82, 2.24) is 0 Å². The number of anilines is 3. The average molecular weight is 791 g/mol. The van der Waals surface area contributed by atoms with Crippen LogP contribution in [0.1, 0.15) is 75.8 Å². The van der Waals surface area contributed by atoms with Gasteiger partial charge in [0.2, 0.25) is 0 Å². The predicted molar refractivity (Wildman–Crippen MR) is 263 cm³/mol. The zero-order chi connectivity index (χ0) is 41.3. The lowest BCUT2D eigenvalue weighted by Crippen LogP contribution is -2.32. The van der Waals surface area contributed by atoms with Gasteiger partial charge in [-0.3, -0.25) is 0 Å². The first-order valence-corrected chi connectivity index (χ1v) is 22.4. The Morgan fingerprint density at radius 3 is 2.33 bits per heavy atom. The summed E-state index contributed by atoms with van der Waals surface area (Å²) >= 11 is 0. The Kier molecular flexibility index (Phi) is 10.6. The highest BCUT2D eigenvalue weighted by molar-refractivity contribution is 6.18. The number of unbranched alkanes of at least 4 members (excludes halogenated alkanes) is 3. The largest absolute Gasteiger partial charge is 0.355 e. The fraction of sp³-hybridized carbons (Fsp3) is 0.186. The first kappa shape index (κ1) is 38.6. The van der Waals surface area contributed by atoms with E-state index in [9.17, 15) is 0 Å². The summed E-state index contributed by atoms with van der Waals surface area (Å²) in [5, 5.41) is 6.45. The Morgan fingerprint density at radius 1 is 0.705 bits per heavy atom. The van der Waals surface area contributed by atoms with Gasteiger partial charge in [0.05, 0.1) is 6.04 Å². The van der Waals surface area contributed by atoms with E-state index in [1.807, 2.05) is 13.0 Å². The first-order chi connectivity index (χ1) is 30.1. The quantitative estimate of drug-likeness (QED) is 0.0924. The normalized spacial score (nSPS) is 17.2. The number of allylic oxidation sites excluding steroid dienone is 11. The minimum absolute atomic E-state index is 0.303. The maximum absolute atomic E-state index is 4.58. The minimum Gasteiger partial charge on any atom is -0.355 e. The maximum atomic E-state index is 4.58. The van der Waals surface area contributed by atoms with Crippen molar-refractivity contribution in [3.8, 4) is 44.5 Å². The summed E-state index contributed by atoms with van der Waals surface area (Å²) in [5.74, 6) is 0.320. The fourth-order valence-corrected chi connectivity index (χ4v) is 10.2. The second-order valence-electron chi connectivity index (χ2n) is 17.0. The van der Waals surface area contributed by atoms with E-state index in [4.69, 9.17) is 0 Å². The third-order valence-corrected chi connectivity index (χ3v) is 13.2. The van der Waals surface area contributed by atoms with Gasteiger partial charge in [0, 0.05) is 34.2 Å². The van der Waals surface area contributed by atoms with Crippen LogP contribution < -0.4 is 10.2 Å². The Bertz CT molecular complexity index is 2840. The van der Waals surface area contributed by atoms with Gasteiger partial charge in [-0.1, -0.05) is 172 Å². The maximum Gasteiger partial charge on any atom is 0.0626 e. The molecule has 0 amide bonds. The standard InChI is InChI=1S/C59H54N2/c1-4-6-8-10-18-41-27-31-46(32-28-41)61-57-26-14-13-23-50(57)55-39-43(30-36-58(55)61)42-29-35-56(54(38-42)40(3)17-9-7-5-2)60-45-20-15-19-44(37-45)47-33-34-53-49-22-12-11-21-48(49)52-25-16-24-51(47)59(52)53/h5,7,9,11-17,19-27,29-31,33-39,50,57,60H,3-4,6,8,10,18,28,32H2,1-2H3/b7-5-,17-9-/t50?,57-/m1/s1. The van der Waals surface area contributed by atoms with Crippen molar-refractivity contribution in [2.45, 2.75) is 70.8 Å². The third kappa shape index (κ3) is 7.25. The van der Waals surface area contributed by atoms with Gasteiger partial charge in [0.1, 0.15) is 0 Å². The molecule has 1 heterocycles. The topological polar surface area (TPSA) is 15.3 Å². The molecule has 6 aromatic rings. The van der Waals surface area contributed by atoms with E-state index in [1.165, 1.54) is 111 Å². The molecule has 1 unspecified atom stereocenters. The molecule has 0 saturated heterocycles. The van der Waals surface area contributed by atoms with E-state index in [1.54, 1.807) is 5.57 Å². The van der Waals surface area contributed by atoms with Crippen LogP contribution in [0.3, 0.4) is 0 Å². The lowest BCUT2D eigenvalue weighted by molar-refractivity contribution is 0.644. The van der Waals surface area contributed by atoms with Crippen LogP contribution in [0.5, 0.6) is 0 Å². The van der Waals surface area contributed by atoms with Crippen LogP contribution >= 0.6 is 0 Å². The van der Waals surface area contributed by atoms with Crippen molar-refractivity contribution < 1.29 is 0 Å². The van der Waals surface area contributed by atoms with Gasteiger partial charge in [-0.2, -0.15) is 0 Å². The van der Waals surface area contributed by atoms with E-state index >= 15 is 0 Å². The summed E-state index contributed by atoms with van der Waals surface area (Å²) in [4.78, 5) is 2.62. The number of benzene rings is 6. The molecule has 6 aromatic carbocycles. The van der Waals surface area contributed by atoms with Crippen LogP contribution in [0.2, 0.25) is 0 Å². The number of nitrogens with one attached hydrogen (secondary N) is 1. The summed E-state index contributed by atoms with van der Waals surface area (Å²) in [6, 6.07) is 43.2. The second kappa shape index (κ2) is 16.8. The Hall–Kier alpha value is -6.64. The van der Waals surface area contributed by atoms with Gasteiger partial charge in [0.25, 0.3) is 0 Å². The van der Waals surface area contributed by atoms with Crippen LogP contribution in [0, 0.1) is 0 Å². The molecule has 0 saturated carbocycles. The molecule has 1 aliphatic heterocycles. The van der Waals surface area contributed by atoms with Gasteiger partial charge >= 0.3 is 0 Å². The van der Waals surface area contributed by atoms with Gasteiger partial charge in [-0.25, -0.2) is 0 Å². The molecule has 0 spiro atoms. The lowest BCUT2D eigenvalue weighted by Gasteiger charge is -2.32. The van der Waals surface area contributed by atoms with Gasteiger partial charge in [0.15, 0.2) is 0 Å². The Balaban J connectivity index is 0.966. The minimum atomic E-state index is 0.303. The van der Waals surface area contributed by atoms with Crippen LogP contribution in [0.15, 0.2) is 194 Å². The third-order valence-electron chi connectivity index (χ3n) is 13.2. The van der Waals surface area contributed by atoms with Crippen LogP contribution in [0.4, 0.5) is 17.1 Å². The van der Waals surface area contributed by atoms with E-state index in [0.717, 1.165) is 28.9 Å². The van der Waals surface area contributed by atoms with Crippen molar-refractivity contribution >= 4 is 33.4 Å². The number of fused-ring (bicyclic) bond motifs is 6. The molecule has 4 aliphatic rings. The Morgan fingerprint density at radius 2 is 1.49 bits per heavy atom. The van der Waals surface area contributed by atoms with E-state index < -0.39 is 0 Å². The van der Waals surface area contributed by atoms with Crippen molar-refractivity contribution in [2.75, 3.05) is 10.2 Å². The molecule has 300 valence electrons. The average Bonchev–Trinajstić information content (AvgIpc) is 3.82. The zero-order valence-corrected chi connectivity index (χ0v) is 35.5. The molecule has 0 bridgehead atoms. The smallest absolute Gasteiger partial charge is 0.0626 e. The molecule has 2 heteroatoms. The van der Waals surface area contributed by atoms with E-state index in [-0.39, 0.29) is 0 Å². The molecular weight excluding hydrogens is 737 g/mol. The van der Waals surface area contributed by atoms with Gasteiger partial charge < -0.3 is 10.2 Å². The summed E-state index contributed by atoms with van der Waals surface area (Å²) in [6.07, 6.45) is 31.2. The van der Waals surface area contributed by atoms with Crippen LogP contribution in [0.25, 0.3) is 60.9 Å². The molecule has 10 rings (SSSR count). The highest BCUT2D eigenvalue weighted by atomic mass is 15.2. The van der Waals surface area contributed by atoms with Crippen molar-refractivity contribution in [2.24, 2.45) is 0 Å². The molecule has 0 fully saturated rings. The molecule has 3 aliphatic carbocycles. The molecule has 1 N–H and O–H groups in total. The fourth-order valence-electron chi connectivity index (χ4n) is 10.2. The molecule has 0 radical (unpaired) electrons. The van der Waals surface area contributed by atoms with Gasteiger partial charge in [-0.05, 0) is 141 Å². The first-order valence-electron chi connectivity index (χ1n) is 22.4.